The fourth-order valence-corrected chi connectivity index (χ4v) is 1.99. The van der Waals surface area contributed by atoms with E-state index in [-0.39, 0.29) is 17.4 Å². The number of aromatic nitrogens is 1. The zero-order valence-electron chi connectivity index (χ0n) is 11.0. The molecule has 20 heavy (non-hydrogen) atoms. The van der Waals surface area contributed by atoms with Crippen LogP contribution in [0.25, 0.3) is 0 Å². The van der Waals surface area contributed by atoms with Gasteiger partial charge in [0.1, 0.15) is 5.82 Å². The van der Waals surface area contributed by atoms with Gasteiger partial charge in [-0.3, -0.25) is 4.98 Å². The molecule has 0 bridgehead atoms. The Hall–Kier alpha value is -2.43. The van der Waals surface area contributed by atoms with Crippen molar-refractivity contribution in [3.05, 3.63) is 59.7 Å². The summed E-state index contributed by atoms with van der Waals surface area (Å²) in [6.07, 6.45) is 3.60. The van der Waals surface area contributed by atoms with E-state index in [4.69, 9.17) is 5.11 Å². The lowest BCUT2D eigenvalue weighted by Gasteiger charge is -2.16. The van der Waals surface area contributed by atoms with Crippen molar-refractivity contribution in [2.75, 3.05) is 5.32 Å². The Bertz CT molecular complexity index is 599. The van der Waals surface area contributed by atoms with Crippen LogP contribution in [-0.2, 0) is 6.42 Å². The lowest BCUT2D eigenvalue weighted by atomic mass is 10.1. The number of carboxylic acids is 1. The van der Waals surface area contributed by atoms with Crippen molar-refractivity contribution in [2.45, 2.75) is 19.4 Å². The van der Waals surface area contributed by atoms with Crippen LogP contribution >= 0.6 is 0 Å². The number of anilines is 1. The van der Waals surface area contributed by atoms with Crippen LogP contribution in [0, 0.1) is 5.82 Å². The van der Waals surface area contributed by atoms with E-state index in [1.165, 1.54) is 30.6 Å². The molecule has 2 aromatic rings. The van der Waals surface area contributed by atoms with E-state index in [9.17, 15) is 9.18 Å². The van der Waals surface area contributed by atoms with Crippen molar-refractivity contribution in [3.63, 3.8) is 0 Å². The number of hydrogen-bond donors (Lipinski definition) is 2. The third-order valence-electron chi connectivity index (χ3n) is 2.91. The third kappa shape index (κ3) is 3.54. The topological polar surface area (TPSA) is 62.2 Å². The molecule has 5 heteroatoms. The predicted molar refractivity (Wildman–Crippen MR) is 74.4 cm³/mol. The zero-order valence-corrected chi connectivity index (χ0v) is 11.0. The van der Waals surface area contributed by atoms with E-state index in [1.54, 1.807) is 12.1 Å². The van der Waals surface area contributed by atoms with Crippen LogP contribution in [0.5, 0.6) is 0 Å². The second kappa shape index (κ2) is 6.14. The van der Waals surface area contributed by atoms with Crippen molar-refractivity contribution in [1.82, 2.24) is 4.98 Å². The van der Waals surface area contributed by atoms with Gasteiger partial charge in [-0.25, -0.2) is 9.18 Å². The second-order valence-corrected chi connectivity index (χ2v) is 4.60. The zero-order chi connectivity index (χ0) is 14.5. The number of rotatable bonds is 5. The highest BCUT2D eigenvalue weighted by molar-refractivity contribution is 5.93. The quantitative estimate of drug-likeness (QED) is 0.880. The van der Waals surface area contributed by atoms with Crippen LogP contribution in [0.4, 0.5) is 10.1 Å². The Balaban J connectivity index is 2.06. The highest BCUT2D eigenvalue weighted by Gasteiger charge is 2.12. The first-order chi connectivity index (χ1) is 9.56. The van der Waals surface area contributed by atoms with E-state index in [2.05, 4.69) is 10.3 Å². The summed E-state index contributed by atoms with van der Waals surface area (Å²) in [5.41, 5.74) is 1.65. The first-order valence-corrected chi connectivity index (χ1v) is 6.24. The minimum atomic E-state index is -0.996. The molecule has 1 unspecified atom stereocenters. The van der Waals surface area contributed by atoms with Crippen molar-refractivity contribution < 1.29 is 14.3 Å². The third-order valence-corrected chi connectivity index (χ3v) is 2.91. The molecule has 1 heterocycles. The number of carbonyl (C=O) groups is 1. The summed E-state index contributed by atoms with van der Waals surface area (Å²) in [5.74, 6) is -1.27. The van der Waals surface area contributed by atoms with Gasteiger partial charge in [0, 0.05) is 12.2 Å². The molecule has 4 nitrogen and oxygen atoms in total. The average Bonchev–Trinajstić information content (AvgIpc) is 2.41. The van der Waals surface area contributed by atoms with Gasteiger partial charge in [-0.2, -0.15) is 0 Å². The van der Waals surface area contributed by atoms with Gasteiger partial charge in [-0.05, 0) is 37.1 Å². The molecule has 2 rings (SSSR count). The SMILES string of the molecule is CC(Cc1ccc(F)cc1)Nc1cnccc1C(=O)O. The van der Waals surface area contributed by atoms with E-state index >= 15 is 0 Å². The Kier molecular flexibility index (Phi) is 4.30. The maximum absolute atomic E-state index is 12.8. The first kappa shape index (κ1) is 14.0. The molecule has 0 aliphatic carbocycles. The van der Waals surface area contributed by atoms with Crippen molar-refractivity contribution >= 4 is 11.7 Å². The highest BCUT2D eigenvalue weighted by Crippen LogP contribution is 2.16. The van der Waals surface area contributed by atoms with E-state index in [1.807, 2.05) is 6.92 Å². The van der Waals surface area contributed by atoms with Crippen molar-refractivity contribution in [3.8, 4) is 0 Å². The maximum atomic E-state index is 12.8. The lowest BCUT2D eigenvalue weighted by Crippen LogP contribution is -2.20. The Morgan fingerprint density at radius 1 is 1.35 bits per heavy atom. The van der Waals surface area contributed by atoms with Gasteiger partial charge in [0.25, 0.3) is 0 Å². The standard InChI is InChI=1S/C15H15FN2O2/c1-10(8-11-2-4-12(16)5-3-11)18-14-9-17-7-6-13(14)15(19)20/h2-7,9-10,18H,8H2,1H3,(H,19,20). The lowest BCUT2D eigenvalue weighted by molar-refractivity contribution is 0.0698. The molecule has 1 aromatic heterocycles. The Morgan fingerprint density at radius 3 is 2.70 bits per heavy atom. The van der Waals surface area contributed by atoms with Gasteiger partial charge in [-0.1, -0.05) is 12.1 Å². The number of halogens is 1. The minimum Gasteiger partial charge on any atom is -0.478 e. The molecule has 104 valence electrons. The summed E-state index contributed by atoms with van der Waals surface area (Å²) >= 11 is 0. The monoisotopic (exact) mass is 274 g/mol. The van der Waals surface area contributed by atoms with Crippen LogP contribution in [0.1, 0.15) is 22.8 Å². The highest BCUT2D eigenvalue weighted by atomic mass is 19.1. The summed E-state index contributed by atoms with van der Waals surface area (Å²) in [6.45, 7) is 1.93. The number of hydrogen-bond acceptors (Lipinski definition) is 3. The smallest absolute Gasteiger partial charge is 0.337 e. The molecule has 0 amide bonds. The van der Waals surface area contributed by atoms with Gasteiger partial charge in [0.2, 0.25) is 0 Å². The van der Waals surface area contributed by atoms with E-state index in [0.29, 0.717) is 12.1 Å². The van der Waals surface area contributed by atoms with Crippen LogP contribution in [0.15, 0.2) is 42.7 Å². The fourth-order valence-electron chi connectivity index (χ4n) is 1.99. The number of nitrogens with zero attached hydrogens (tertiary/aromatic N) is 1. The van der Waals surface area contributed by atoms with Crippen LogP contribution < -0.4 is 5.32 Å². The van der Waals surface area contributed by atoms with Gasteiger partial charge in [0.05, 0.1) is 17.4 Å². The predicted octanol–water partition coefficient (Wildman–Crippen LogP) is 2.96. The summed E-state index contributed by atoms with van der Waals surface area (Å²) in [6, 6.07) is 7.71. The molecule has 0 saturated carbocycles. The molecule has 1 atom stereocenters. The van der Waals surface area contributed by atoms with Crippen molar-refractivity contribution in [1.29, 1.82) is 0 Å². The van der Waals surface area contributed by atoms with Crippen molar-refractivity contribution in [2.24, 2.45) is 0 Å². The molecule has 0 aliphatic heterocycles. The molecule has 1 aromatic carbocycles. The van der Waals surface area contributed by atoms with Crippen LogP contribution in [0.2, 0.25) is 0 Å². The average molecular weight is 274 g/mol. The minimum absolute atomic E-state index is 0.00256. The molecule has 0 saturated heterocycles. The second-order valence-electron chi connectivity index (χ2n) is 4.60. The normalized spacial score (nSPS) is 11.9. The van der Waals surface area contributed by atoms with E-state index < -0.39 is 5.97 Å². The number of nitrogens with one attached hydrogen (secondary N) is 1. The molecule has 0 radical (unpaired) electrons. The molecule has 0 fully saturated rings. The van der Waals surface area contributed by atoms with Crippen LogP contribution in [0.3, 0.4) is 0 Å². The molecular weight excluding hydrogens is 259 g/mol. The molecule has 0 aliphatic rings. The van der Waals surface area contributed by atoms with E-state index in [0.717, 1.165) is 5.56 Å². The summed E-state index contributed by atoms with van der Waals surface area (Å²) < 4.78 is 12.8. The molecule has 2 N–H and O–H groups in total. The summed E-state index contributed by atoms with van der Waals surface area (Å²) in [5, 5.41) is 12.2. The van der Waals surface area contributed by atoms with Gasteiger partial charge in [-0.15, -0.1) is 0 Å². The number of aromatic carboxylic acids is 1. The summed E-state index contributed by atoms with van der Waals surface area (Å²) in [7, 11) is 0. The first-order valence-electron chi connectivity index (χ1n) is 6.24. The number of benzene rings is 1. The fraction of sp³-hybridized carbons (Fsp3) is 0.200. The Labute approximate surface area is 116 Å². The maximum Gasteiger partial charge on any atom is 0.337 e. The number of carboxylic acid groups (broad SMARTS) is 1. The largest absolute Gasteiger partial charge is 0.478 e. The molecular formula is C15H15FN2O2. The van der Waals surface area contributed by atoms with Crippen LogP contribution in [-0.4, -0.2) is 22.1 Å². The summed E-state index contributed by atoms with van der Waals surface area (Å²) in [4.78, 5) is 15.0. The molecule has 0 spiro atoms. The Morgan fingerprint density at radius 2 is 2.05 bits per heavy atom. The van der Waals surface area contributed by atoms with Gasteiger partial charge >= 0.3 is 5.97 Å². The van der Waals surface area contributed by atoms with Gasteiger partial charge in [0.15, 0.2) is 0 Å². The number of pyridine rings is 1. The van der Waals surface area contributed by atoms with Gasteiger partial charge < -0.3 is 10.4 Å².